The normalized spacial score (nSPS) is 12.0. The van der Waals surface area contributed by atoms with Gasteiger partial charge in [-0.15, -0.1) is 0 Å². The Morgan fingerprint density at radius 2 is 2.05 bits per heavy atom. The van der Waals surface area contributed by atoms with Crippen molar-refractivity contribution in [3.05, 3.63) is 27.7 Å². The van der Waals surface area contributed by atoms with E-state index in [2.05, 4.69) is 15.9 Å². The van der Waals surface area contributed by atoms with Crippen molar-refractivity contribution in [3.8, 4) is 0 Å². The van der Waals surface area contributed by atoms with E-state index in [1.807, 2.05) is 0 Å². The molecule has 1 rings (SSSR count). The molecular formula is C13H17BrClNO4S. The summed E-state index contributed by atoms with van der Waals surface area (Å²) in [7, 11) is -3.81. The Labute approximate surface area is 138 Å². The minimum Gasteiger partial charge on any atom is -0.465 e. The molecule has 118 valence electrons. The lowest BCUT2D eigenvalue weighted by molar-refractivity contribution is -0.143. The number of halogens is 2. The fraction of sp³-hybridized carbons (Fsp3) is 0.462. The monoisotopic (exact) mass is 397 g/mol. The van der Waals surface area contributed by atoms with Crippen molar-refractivity contribution in [3.63, 3.8) is 0 Å². The molecule has 1 aromatic rings. The molecule has 0 unspecified atom stereocenters. The van der Waals surface area contributed by atoms with Gasteiger partial charge in [-0.3, -0.25) is 4.79 Å². The van der Waals surface area contributed by atoms with E-state index in [4.69, 9.17) is 16.3 Å². The number of rotatable bonds is 6. The number of hydrogen-bond acceptors (Lipinski definition) is 4. The molecule has 0 saturated carbocycles. The van der Waals surface area contributed by atoms with Gasteiger partial charge in [0.15, 0.2) is 0 Å². The van der Waals surface area contributed by atoms with Gasteiger partial charge in [0, 0.05) is 10.5 Å². The molecule has 0 aromatic heterocycles. The number of hydrogen-bond donors (Lipinski definition) is 0. The Hall–Kier alpha value is -0.630. The van der Waals surface area contributed by atoms with E-state index >= 15 is 0 Å². The van der Waals surface area contributed by atoms with Gasteiger partial charge >= 0.3 is 5.97 Å². The summed E-state index contributed by atoms with van der Waals surface area (Å²) in [4.78, 5) is 11.7. The topological polar surface area (TPSA) is 63.7 Å². The highest BCUT2D eigenvalue weighted by molar-refractivity contribution is 9.10. The number of nitrogens with zero attached hydrogens (tertiary/aromatic N) is 1. The summed E-state index contributed by atoms with van der Waals surface area (Å²) in [5.74, 6) is -0.581. The molecule has 0 fully saturated rings. The predicted molar refractivity (Wildman–Crippen MR) is 84.8 cm³/mol. The first-order valence-corrected chi connectivity index (χ1v) is 8.93. The third-order valence-electron chi connectivity index (χ3n) is 2.66. The molecule has 0 aliphatic carbocycles. The highest BCUT2D eigenvalue weighted by atomic mass is 79.9. The maximum atomic E-state index is 12.6. The maximum Gasteiger partial charge on any atom is 0.321 e. The van der Waals surface area contributed by atoms with Crippen LogP contribution in [0.25, 0.3) is 0 Å². The van der Waals surface area contributed by atoms with Gasteiger partial charge < -0.3 is 4.74 Å². The van der Waals surface area contributed by atoms with Gasteiger partial charge in [0.05, 0.1) is 16.5 Å². The smallest absolute Gasteiger partial charge is 0.321 e. The van der Waals surface area contributed by atoms with Gasteiger partial charge in [-0.1, -0.05) is 11.6 Å². The second-order valence-electron chi connectivity index (χ2n) is 4.52. The summed E-state index contributed by atoms with van der Waals surface area (Å²) in [6, 6.07) is 3.93. The van der Waals surface area contributed by atoms with E-state index in [9.17, 15) is 13.2 Å². The van der Waals surface area contributed by atoms with Crippen LogP contribution < -0.4 is 0 Å². The Morgan fingerprint density at radius 3 is 2.52 bits per heavy atom. The van der Waals surface area contributed by atoms with E-state index in [1.54, 1.807) is 20.8 Å². The molecule has 0 atom stereocenters. The SMILES string of the molecule is CCOC(=O)CN(C(C)C)S(=O)(=O)c1ccc(Cl)c(Br)c1. The molecular weight excluding hydrogens is 382 g/mol. The lowest BCUT2D eigenvalue weighted by Gasteiger charge is -2.25. The summed E-state index contributed by atoms with van der Waals surface area (Å²) < 4.78 is 31.7. The molecule has 0 saturated heterocycles. The van der Waals surface area contributed by atoms with Crippen LogP contribution in [-0.4, -0.2) is 37.9 Å². The summed E-state index contributed by atoms with van der Waals surface area (Å²) in [5.41, 5.74) is 0. The van der Waals surface area contributed by atoms with Crippen LogP contribution in [0.5, 0.6) is 0 Å². The Morgan fingerprint density at radius 1 is 1.43 bits per heavy atom. The summed E-state index contributed by atoms with van der Waals surface area (Å²) in [6.07, 6.45) is 0. The molecule has 21 heavy (non-hydrogen) atoms. The van der Waals surface area contributed by atoms with Gasteiger partial charge in [-0.05, 0) is 54.9 Å². The van der Waals surface area contributed by atoms with Crippen molar-refractivity contribution >= 4 is 43.5 Å². The fourth-order valence-electron chi connectivity index (χ4n) is 1.65. The summed E-state index contributed by atoms with van der Waals surface area (Å²) in [5, 5.41) is 0.412. The molecule has 0 radical (unpaired) electrons. The molecule has 0 aliphatic rings. The quantitative estimate of drug-likeness (QED) is 0.691. The second-order valence-corrected chi connectivity index (χ2v) is 7.68. The molecule has 8 heteroatoms. The van der Waals surface area contributed by atoms with Gasteiger partial charge in [0.1, 0.15) is 6.54 Å². The Bertz CT molecular complexity index is 619. The second kappa shape index (κ2) is 7.58. The van der Waals surface area contributed by atoms with Crippen LogP contribution in [0.2, 0.25) is 5.02 Å². The van der Waals surface area contributed by atoms with Crippen molar-refractivity contribution in [2.45, 2.75) is 31.7 Å². The van der Waals surface area contributed by atoms with Crippen LogP contribution >= 0.6 is 27.5 Å². The molecule has 1 aromatic carbocycles. The highest BCUT2D eigenvalue weighted by Crippen LogP contribution is 2.27. The van der Waals surface area contributed by atoms with Crippen LogP contribution in [-0.2, 0) is 19.6 Å². The predicted octanol–water partition coefficient (Wildman–Crippen LogP) is 3.06. The number of carbonyl (C=O) groups excluding carboxylic acids is 1. The van der Waals surface area contributed by atoms with Crippen molar-refractivity contribution in [2.75, 3.05) is 13.2 Å². The van der Waals surface area contributed by atoms with E-state index in [0.29, 0.717) is 9.50 Å². The average Bonchev–Trinajstić information content (AvgIpc) is 2.38. The van der Waals surface area contributed by atoms with Crippen molar-refractivity contribution in [2.24, 2.45) is 0 Å². The van der Waals surface area contributed by atoms with Crippen molar-refractivity contribution in [1.82, 2.24) is 4.31 Å². The Balaban J connectivity index is 3.15. The molecule has 0 bridgehead atoms. The first kappa shape index (κ1) is 18.4. The minimum absolute atomic E-state index is 0.0665. The van der Waals surface area contributed by atoms with Crippen LogP contribution in [0, 0.1) is 0 Å². The first-order chi connectivity index (χ1) is 9.70. The number of esters is 1. The van der Waals surface area contributed by atoms with E-state index in [0.717, 1.165) is 4.31 Å². The zero-order valence-electron chi connectivity index (χ0n) is 12.0. The van der Waals surface area contributed by atoms with E-state index < -0.39 is 16.0 Å². The van der Waals surface area contributed by atoms with Crippen LogP contribution in [0.4, 0.5) is 0 Å². The van der Waals surface area contributed by atoms with E-state index in [1.165, 1.54) is 18.2 Å². The number of carbonyl (C=O) groups is 1. The highest BCUT2D eigenvalue weighted by Gasteiger charge is 2.29. The molecule has 0 heterocycles. The summed E-state index contributed by atoms with van der Waals surface area (Å²) in [6.45, 7) is 4.94. The molecule has 5 nitrogen and oxygen atoms in total. The van der Waals surface area contributed by atoms with Gasteiger partial charge in [0.2, 0.25) is 10.0 Å². The largest absolute Gasteiger partial charge is 0.465 e. The number of benzene rings is 1. The third kappa shape index (κ3) is 4.67. The molecule has 0 aliphatic heterocycles. The standard InChI is InChI=1S/C13H17BrClNO4S/c1-4-20-13(17)8-16(9(2)3)21(18,19)10-5-6-12(15)11(14)7-10/h5-7,9H,4,8H2,1-3H3. The molecule has 0 amide bonds. The summed E-state index contributed by atoms with van der Waals surface area (Å²) >= 11 is 9.06. The van der Waals surface area contributed by atoms with Gasteiger partial charge in [-0.2, -0.15) is 4.31 Å². The Kier molecular flexibility index (Phi) is 6.65. The lowest BCUT2D eigenvalue weighted by Crippen LogP contribution is -2.41. The molecule has 0 N–H and O–H groups in total. The van der Waals surface area contributed by atoms with Crippen molar-refractivity contribution in [1.29, 1.82) is 0 Å². The zero-order chi connectivity index (χ0) is 16.2. The fourth-order valence-corrected chi connectivity index (χ4v) is 3.91. The van der Waals surface area contributed by atoms with Gasteiger partial charge in [0.25, 0.3) is 0 Å². The zero-order valence-corrected chi connectivity index (χ0v) is 15.1. The minimum atomic E-state index is -3.81. The number of ether oxygens (including phenoxy) is 1. The third-order valence-corrected chi connectivity index (χ3v) is 5.90. The van der Waals surface area contributed by atoms with Gasteiger partial charge in [-0.25, -0.2) is 8.42 Å². The van der Waals surface area contributed by atoms with Crippen LogP contribution in [0.15, 0.2) is 27.6 Å². The van der Waals surface area contributed by atoms with Crippen molar-refractivity contribution < 1.29 is 17.9 Å². The first-order valence-electron chi connectivity index (χ1n) is 6.32. The molecule has 0 spiro atoms. The number of sulfonamides is 1. The maximum absolute atomic E-state index is 12.6. The van der Waals surface area contributed by atoms with E-state index in [-0.39, 0.29) is 24.1 Å². The van der Waals surface area contributed by atoms with Crippen LogP contribution in [0.1, 0.15) is 20.8 Å². The lowest BCUT2D eigenvalue weighted by atomic mass is 10.4. The average molecular weight is 399 g/mol. The van der Waals surface area contributed by atoms with Crippen LogP contribution in [0.3, 0.4) is 0 Å².